The van der Waals surface area contributed by atoms with E-state index in [0.717, 1.165) is 19.5 Å². The lowest BCUT2D eigenvalue weighted by molar-refractivity contribution is -0.314. The number of nitrogens with zero attached hydrogens (tertiary/aromatic N) is 1. The number of benzene rings is 1. The topological polar surface area (TPSA) is 21.7 Å². The summed E-state index contributed by atoms with van der Waals surface area (Å²) < 4.78 is 11.6. The zero-order valence-corrected chi connectivity index (χ0v) is 11.3. The van der Waals surface area contributed by atoms with Crippen LogP contribution in [0, 0.1) is 5.92 Å². The minimum absolute atomic E-state index is 0.00743. The quantitative estimate of drug-likeness (QED) is 0.761. The van der Waals surface area contributed by atoms with Crippen molar-refractivity contribution in [3.05, 3.63) is 35.9 Å². The monoisotopic (exact) mass is 247 g/mol. The molecule has 98 valence electrons. The molecule has 1 saturated heterocycles. The SMILES string of the molecule is COC1(OC)C[C@H]2CN(C)C[C@@]21c1ccccc1. The van der Waals surface area contributed by atoms with Crippen molar-refractivity contribution >= 4 is 0 Å². The smallest absolute Gasteiger partial charge is 0.179 e. The van der Waals surface area contributed by atoms with Gasteiger partial charge < -0.3 is 14.4 Å². The Morgan fingerprint density at radius 2 is 1.83 bits per heavy atom. The maximum absolute atomic E-state index is 5.79. The van der Waals surface area contributed by atoms with E-state index in [-0.39, 0.29) is 5.41 Å². The first-order chi connectivity index (χ1) is 8.68. The highest BCUT2D eigenvalue weighted by Crippen LogP contribution is 2.61. The molecule has 1 aliphatic carbocycles. The van der Waals surface area contributed by atoms with E-state index >= 15 is 0 Å². The molecule has 1 aromatic carbocycles. The maximum Gasteiger partial charge on any atom is 0.179 e. The van der Waals surface area contributed by atoms with E-state index in [2.05, 4.69) is 42.3 Å². The Bertz CT molecular complexity index is 429. The van der Waals surface area contributed by atoms with Gasteiger partial charge >= 0.3 is 0 Å². The van der Waals surface area contributed by atoms with Crippen LogP contribution >= 0.6 is 0 Å². The van der Waals surface area contributed by atoms with Gasteiger partial charge in [0.1, 0.15) is 0 Å². The average Bonchev–Trinajstić information content (AvgIpc) is 2.67. The molecular formula is C15H21NO2. The Morgan fingerprint density at radius 3 is 2.39 bits per heavy atom. The maximum atomic E-state index is 5.79. The Kier molecular flexibility index (Phi) is 2.73. The van der Waals surface area contributed by atoms with Crippen molar-refractivity contribution in [1.29, 1.82) is 0 Å². The van der Waals surface area contributed by atoms with E-state index in [1.807, 2.05) is 0 Å². The van der Waals surface area contributed by atoms with Gasteiger partial charge in [0.05, 0.1) is 5.41 Å². The molecule has 0 radical (unpaired) electrons. The number of hydrogen-bond donors (Lipinski definition) is 0. The first-order valence-corrected chi connectivity index (χ1v) is 6.53. The van der Waals surface area contributed by atoms with E-state index < -0.39 is 5.79 Å². The summed E-state index contributed by atoms with van der Waals surface area (Å²) in [6.07, 6.45) is 0.985. The predicted molar refractivity (Wildman–Crippen MR) is 70.5 cm³/mol. The van der Waals surface area contributed by atoms with Crippen LogP contribution in [0.2, 0.25) is 0 Å². The molecule has 1 aliphatic heterocycles. The number of rotatable bonds is 3. The van der Waals surface area contributed by atoms with Gasteiger partial charge in [0.15, 0.2) is 5.79 Å². The first kappa shape index (κ1) is 12.2. The summed E-state index contributed by atoms with van der Waals surface area (Å²) in [5.41, 5.74) is 1.33. The van der Waals surface area contributed by atoms with Crippen molar-refractivity contribution in [3.8, 4) is 0 Å². The molecule has 1 heterocycles. The van der Waals surface area contributed by atoms with Gasteiger partial charge in [-0.1, -0.05) is 30.3 Å². The van der Waals surface area contributed by atoms with Gasteiger partial charge in [-0.05, 0) is 18.5 Å². The molecular weight excluding hydrogens is 226 g/mol. The molecule has 0 aromatic heterocycles. The summed E-state index contributed by atoms with van der Waals surface area (Å²) in [5, 5.41) is 0. The minimum Gasteiger partial charge on any atom is -0.352 e. The Labute approximate surface area is 109 Å². The van der Waals surface area contributed by atoms with Gasteiger partial charge in [-0.3, -0.25) is 0 Å². The Balaban J connectivity index is 2.09. The van der Waals surface area contributed by atoms with E-state index in [4.69, 9.17) is 9.47 Å². The Morgan fingerprint density at radius 1 is 1.17 bits per heavy atom. The highest BCUT2D eigenvalue weighted by atomic mass is 16.7. The van der Waals surface area contributed by atoms with E-state index in [1.165, 1.54) is 5.56 Å². The summed E-state index contributed by atoms with van der Waals surface area (Å²) in [6, 6.07) is 10.7. The standard InChI is InChI=1S/C15H21NO2/c1-16-10-13-9-15(17-2,18-3)14(13,11-16)12-7-5-4-6-8-12/h4-8,13H,9-11H2,1-3H3/t13-,14+/m0/s1. The Hall–Kier alpha value is -0.900. The molecule has 0 bridgehead atoms. The molecule has 3 rings (SSSR count). The lowest BCUT2D eigenvalue weighted by Gasteiger charge is -2.59. The third kappa shape index (κ3) is 1.30. The second-order valence-corrected chi connectivity index (χ2v) is 5.60. The molecule has 1 saturated carbocycles. The number of likely N-dealkylation sites (N-methyl/N-ethyl adjacent to an activating group) is 1. The molecule has 2 aliphatic rings. The predicted octanol–water partition coefficient (Wildman–Crippen LogP) is 1.88. The molecule has 0 N–H and O–H groups in total. The van der Waals surface area contributed by atoms with Crippen molar-refractivity contribution in [2.75, 3.05) is 34.4 Å². The zero-order chi connectivity index (χ0) is 12.8. The normalized spacial score (nSPS) is 34.1. The molecule has 0 spiro atoms. The van der Waals surface area contributed by atoms with Crippen LogP contribution in [0.3, 0.4) is 0 Å². The zero-order valence-electron chi connectivity index (χ0n) is 11.3. The van der Waals surface area contributed by atoms with Crippen LogP contribution < -0.4 is 0 Å². The van der Waals surface area contributed by atoms with Crippen LogP contribution in [0.1, 0.15) is 12.0 Å². The molecule has 2 atom stereocenters. The number of ether oxygens (including phenoxy) is 2. The fourth-order valence-corrected chi connectivity index (χ4v) is 4.09. The summed E-state index contributed by atoms with van der Waals surface area (Å²) in [4.78, 5) is 2.39. The number of likely N-dealkylation sites (tertiary alicyclic amines) is 1. The second-order valence-electron chi connectivity index (χ2n) is 5.60. The highest BCUT2D eigenvalue weighted by Gasteiger charge is 2.70. The summed E-state index contributed by atoms with van der Waals surface area (Å²) in [5.74, 6) is 0.175. The van der Waals surface area contributed by atoms with Crippen LogP contribution in [-0.4, -0.2) is 45.0 Å². The van der Waals surface area contributed by atoms with E-state index in [1.54, 1.807) is 14.2 Å². The molecule has 0 amide bonds. The summed E-state index contributed by atoms with van der Waals surface area (Å²) >= 11 is 0. The van der Waals surface area contributed by atoms with Gasteiger partial charge in [-0.15, -0.1) is 0 Å². The van der Waals surface area contributed by atoms with Gasteiger partial charge in [0, 0.05) is 33.7 Å². The van der Waals surface area contributed by atoms with Crippen molar-refractivity contribution in [1.82, 2.24) is 4.90 Å². The molecule has 2 fully saturated rings. The van der Waals surface area contributed by atoms with Gasteiger partial charge in [0.25, 0.3) is 0 Å². The summed E-state index contributed by atoms with van der Waals surface area (Å²) in [6.45, 7) is 2.13. The number of hydrogen-bond acceptors (Lipinski definition) is 3. The van der Waals surface area contributed by atoms with E-state index in [9.17, 15) is 0 Å². The number of fused-ring (bicyclic) bond motifs is 1. The summed E-state index contributed by atoms with van der Waals surface area (Å²) in [7, 11) is 5.71. The fraction of sp³-hybridized carbons (Fsp3) is 0.600. The van der Waals surface area contributed by atoms with Gasteiger partial charge in [-0.2, -0.15) is 0 Å². The van der Waals surface area contributed by atoms with Crippen LogP contribution in [0.5, 0.6) is 0 Å². The molecule has 0 unspecified atom stereocenters. The lowest BCUT2D eigenvalue weighted by Crippen LogP contribution is -2.68. The highest BCUT2D eigenvalue weighted by molar-refractivity contribution is 5.38. The van der Waals surface area contributed by atoms with Crippen molar-refractivity contribution in [2.45, 2.75) is 17.6 Å². The number of methoxy groups -OCH3 is 2. The largest absolute Gasteiger partial charge is 0.352 e. The van der Waals surface area contributed by atoms with Crippen molar-refractivity contribution in [2.24, 2.45) is 5.92 Å². The fourth-order valence-electron chi connectivity index (χ4n) is 4.09. The van der Waals surface area contributed by atoms with Crippen molar-refractivity contribution in [3.63, 3.8) is 0 Å². The molecule has 1 aromatic rings. The van der Waals surface area contributed by atoms with Gasteiger partial charge in [0.2, 0.25) is 0 Å². The lowest BCUT2D eigenvalue weighted by atomic mass is 9.53. The third-order valence-electron chi connectivity index (χ3n) is 4.89. The van der Waals surface area contributed by atoms with Crippen LogP contribution in [0.25, 0.3) is 0 Å². The van der Waals surface area contributed by atoms with E-state index in [0.29, 0.717) is 5.92 Å². The van der Waals surface area contributed by atoms with Crippen molar-refractivity contribution < 1.29 is 9.47 Å². The van der Waals surface area contributed by atoms with Gasteiger partial charge in [-0.25, -0.2) is 0 Å². The van der Waals surface area contributed by atoms with Crippen LogP contribution in [0.4, 0.5) is 0 Å². The molecule has 18 heavy (non-hydrogen) atoms. The van der Waals surface area contributed by atoms with Crippen LogP contribution in [0.15, 0.2) is 30.3 Å². The molecule has 3 heteroatoms. The second kappa shape index (κ2) is 4.05. The van der Waals surface area contributed by atoms with Crippen LogP contribution in [-0.2, 0) is 14.9 Å². The first-order valence-electron chi connectivity index (χ1n) is 6.53. The molecule has 3 nitrogen and oxygen atoms in total. The minimum atomic E-state index is -0.455. The average molecular weight is 247 g/mol. The third-order valence-corrected chi connectivity index (χ3v) is 4.89.